The number of hydrogen-bond acceptors (Lipinski definition) is 5. The van der Waals surface area contributed by atoms with Crippen LogP contribution in [0.4, 0.5) is 0 Å². The summed E-state index contributed by atoms with van der Waals surface area (Å²) in [5.41, 5.74) is 1.46. The number of piperazine rings is 1. The summed E-state index contributed by atoms with van der Waals surface area (Å²) in [6.45, 7) is 5.51. The van der Waals surface area contributed by atoms with E-state index in [1.807, 2.05) is 36.4 Å². The summed E-state index contributed by atoms with van der Waals surface area (Å²) >= 11 is 6.69. The summed E-state index contributed by atoms with van der Waals surface area (Å²) in [5, 5.41) is 12.3. The van der Waals surface area contributed by atoms with Gasteiger partial charge in [-0.25, -0.2) is 0 Å². The van der Waals surface area contributed by atoms with E-state index >= 15 is 0 Å². The number of nitrogens with zero attached hydrogens (tertiary/aromatic N) is 2. The van der Waals surface area contributed by atoms with E-state index in [4.69, 9.17) is 21.1 Å². The van der Waals surface area contributed by atoms with Gasteiger partial charge in [0.1, 0.15) is 18.1 Å². The Morgan fingerprint density at radius 1 is 1.00 bits per heavy atom. The molecule has 0 spiro atoms. The van der Waals surface area contributed by atoms with Gasteiger partial charge in [-0.05, 0) is 55.3 Å². The summed E-state index contributed by atoms with van der Waals surface area (Å²) in [6.07, 6.45) is 5.10. The fourth-order valence-corrected chi connectivity index (χ4v) is 5.40. The first-order valence-corrected chi connectivity index (χ1v) is 12.5. The molecule has 1 atom stereocenters. The molecular weight excluding hydrogens is 507 g/mol. The van der Waals surface area contributed by atoms with Gasteiger partial charge in [0.25, 0.3) is 0 Å². The van der Waals surface area contributed by atoms with E-state index in [-0.39, 0.29) is 30.7 Å². The lowest BCUT2D eigenvalue weighted by atomic mass is 9.72. The Hall–Kier alpha value is -1.21. The molecule has 2 aliphatic rings. The molecule has 1 unspecified atom stereocenters. The Labute approximate surface area is 227 Å². The smallest absolute Gasteiger partial charge is 0.138 e. The summed E-state index contributed by atoms with van der Waals surface area (Å²) < 4.78 is 11.3. The largest absolute Gasteiger partial charge is 0.497 e. The third-order valence-corrected chi connectivity index (χ3v) is 7.59. The summed E-state index contributed by atoms with van der Waals surface area (Å²) in [5.74, 6) is 1.52. The van der Waals surface area contributed by atoms with Crippen LogP contribution in [0.5, 0.6) is 11.5 Å². The molecule has 0 radical (unpaired) electrons. The van der Waals surface area contributed by atoms with Gasteiger partial charge < -0.3 is 24.4 Å². The number of methoxy groups -OCH3 is 1. The van der Waals surface area contributed by atoms with Crippen LogP contribution in [0.25, 0.3) is 0 Å². The monoisotopic (exact) mass is 544 g/mol. The molecule has 2 fully saturated rings. The van der Waals surface area contributed by atoms with Crippen LogP contribution in [0.3, 0.4) is 0 Å². The minimum Gasteiger partial charge on any atom is -0.497 e. The van der Waals surface area contributed by atoms with E-state index < -0.39 is 5.60 Å². The first-order valence-electron chi connectivity index (χ1n) is 12.2. The highest BCUT2D eigenvalue weighted by Crippen LogP contribution is 2.42. The van der Waals surface area contributed by atoms with Gasteiger partial charge >= 0.3 is 0 Å². The molecule has 0 amide bonds. The van der Waals surface area contributed by atoms with E-state index in [1.54, 1.807) is 7.11 Å². The highest BCUT2D eigenvalue weighted by atomic mass is 35.5. The Bertz CT molecular complexity index is 916. The van der Waals surface area contributed by atoms with Crippen molar-refractivity contribution in [1.29, 1.82) is 0 Å². The predicted octanol–water partition coefficient (Wildman–Crippen LogP) is 5.80. The zero-order valence-electron chi connectivity index (χ0n) is 20.7. The van der Waals surface area contributed by atoms with Crippen LogP contribution in [0.15, 0.2) is 42.5 Å². The lowest BCUT2D eigenvalue weighted by Gasteiger charge is -2.43. The summed E-state index contributed by atoms with van der Waals surface area (Å²) in [4.78, 5) is 4.87. The van der Waals surface area contributed by atoms with Crippen LogP contribution in [-0.2, 0) is 6.61 Å². The van der Waals surface area contributed by atoms with Crippen LogP contribution >= 0.6 is 36.4 Å². The van der Waals surface area contributed by atoms with Crippen LogP contribution in [0, 0.1) is 0 Å². The molecule has 1 aliphatic heterocycles. The topological polar surface area (TPSA) is 45.2 Å². The molecule has 8 heteroatoms. The first kappa shape index (κ1) is 30.0. The zero-order valence-corrected chi connectivity index (χ0v) is 23.1. The molecule has 1 saturated carbocycles. The molecular formula is C27H39Cl3N2O3. The Balaban J connectivity index is 0.00000216. The van der Waals surface area contributed by atoms with Crippen molar-refractivity contribution in [3.05, 3.63) is 58.6 Å². The molecule has 0 bridgehead atoms. The minimum atomic E-state index is -0.673. The number of rotatable bonds is 8. The number of hydrogen-bond donors (Lipinski definition) is 1. The Morgan fingerprint density at radius 2 is 1.71 bits per heavy atom. The molecule has 2 aromatic rings. The van der Waals surface area contributed by atoms with Crippen LogP contribution in [-0.4, -0.2) is 67.4 Å². The van der Waals surface area contributed by atoms with Gasteiger partial charge in [0.15, 0.2) is 0 Å². The Morgan fingerprint density at radius 3 is 2.37 bits per heavy atom. The van der Waals surface area contributed by atoms with Gasteiger partial charge in [-0.15, -0.1) is 24.8 Å². The fourth-order valence-electron chi connectivity index (χ4n) is 5.16. The van der Waals surface area contributed by atoms with E-state index in [0.717, 1.165) is 75.3 Å². The van der Waals surface area contributed by atoms with Gasteiger partial charge in [0.2, 0.25) is 0 Å². The van der Waals surface area contributed by atoms with Crippen LogP contribution < -0.4 is 9.47 Å². The maximum Gasteiger partial charge on any atom is 0.138 e. The quantitative estimate of drug-likeness (QED) is 0.454. The van der Waals surface area contributed by atoms with Crippen LogP contribution in [0.1, 0.15) is 49.1 Å². The maximum absolute atomic E-state index is 11.7. The SMILES string of the molecule is COc1cccc(COc2ccc(C(CN3CCN(C)CC3)C3(O)CCCCC3)cc2Cl)c1.Cl.Cl. The zero-order chi connectivity index (χ0) is 23.3. The van der Waals surface area contributed by atoms with Crippen molar-refractivity contribution in [1.82, 2.24) is 9.80 Å². The summed E-state index contributed by atoms with van der Waals surface area (Å²) in [7, 11) is 3.84. The third kappa shape index (κ3) is 7.88. The molecule has 196 valence electrons. The molecule has 4 rings (SSSR count). The van der Waals surface area contributed by atoms with E-state index in [9.17, 15) is 5.11 Å². The van der Waals surface area contributed by atoms with Gasteiger partial charge in [0, 0.05) is 38.6 Å². The van der Waals surface area contributed by atoms with Crippen LogP contribution in [0.2, 0.25) is 5.02 Å². The van der Waals surface area contributed by atoms with Gasteiger partial charge in [0.05, 0.1) is 17.7 Å². The van der Waals surface area contributed by atoms with Crippen molar-refractivity contribution < 1.29 is 14.6 Å². The minimum absolute atomic E-state index is 0. The normalized spacial score (nSPS) is 19.2. The first-order chi connectivity index (χ1) is 16.0. The molecule has 0 aromatic heterocycles. The summed E-state index contributed by atoms with van der Waals surface area (Å²) in [6, 6.07) is 13.9. The lowest BCUT2D eigenvalue weighted by Crippen LogP contribution is -2.50. The van der Waals surface area contributed by atoms with E-state index in [1.165, 1.54) is 6.42 Å². The van der Waals surface area contributed by atoms with Crippen molar-refractivity contribution in [2.24, 2.45) is 0 Å². The average Bonchev–Trinajstić information content (AvgIpc) is 2.83. The van der Waals surface area contributed by atoms with Crippen molar-refractivity contribution in [3.63, 3.8) is 0 Å². The second-order valence-corrected chi connectivity index (χ2v) is 10.1. The number of aliphatic hydroxyl groups is 1. The van der Waals surface area contributed by atoms with Crippen molar-refractivity contribution >= 4 is 36.4 Å². The predicted molar refractivity (Wildman–Crippen MR) is 148 cm³/mol. The van der Waals surface area contributed by atoms with Crippen molar-refractivity contribution in [2.45, 2.75) is 50.2 Å². The molecule has 1 N–H and O–H groups in total. The van der Waals surface area contributed by atoms with Crippen molar-refractivity contribution in [2.75, 3.05) is 46.9 Å². The molecule has 1 aliphatic carbocycles. The fraction of sp³-hybridized carbons (Fsp3) is 0.556. The van der Waals surface area contributed by atoms with E-state index in [0.29, 0.717) is 17.4 Å². The van der Waals surface area contributed by atoms with E-state index in [2.05, 4.69) is 22.9 Å². The van der Waals surface area contributed by atoms with Crippen molar-refractivity contribution in [3.8, 4) is 11.5 Å². The second-order valence-electron chi connectivity index (χ2n) is 9.65. The second kappa shape index (κ2) is 13.9. The molecule has 35 heavy (non-hydrogen) atoms. The number of ether oxygens (including phenoxy) is 2. The average molecular weight is 546 g/mol. The maximum atomic E-state index is 11.7. The Kier molecular flexibility index (Phi) is 11.9. The van der Waals surface area contributed by atoms with Gasteiger partial charge in [-0.2, -0.15) is 0 Å². The molecule has 1 heterocycles. The molecule has 1 saturated heterocycles. The lowest BCUT2D eigenvalue weighted by molar-refractivity contribution is -0.0337. The number of likely N-dealkylation sites (N-methyl/N-ethyl adjacent to an activating group) is 1. The van der Waals surface area contributed by atoms with Gasteiger partial charge in [-0.1, -0.05) is 49.1 Å². The third-order valence-electron chi connectivity index (χ3n) is 7.29. The standard InChI is InChI=1S/C27H37ClN2O3.2ClH/c1-29-13-15-30(16-14-29)19-24(27(31)11-4-3-5-12-27)22-9-10-26(25(28)18-22)33-20-21-7-6-8-23(17-21)32-2;;/h6-10,17-18,24,31H,3-5,11-16,19-20H2,1-2H3;2*1H. The highest BCUT2D eigenvalue weighted by molar-refractivity contribution is 6.32. The van der Waals surface area contributed by atoms with Gasteiger partial charge in [-0.3, -0.25) is 0 Å². The number of halogens is 3. The molecule has 2 aromatic carbocycles. The highest BCUT2D eigenvalue weighted by Gasteiger charge is 2.40. The molecule has 5 nitrogen and oxygen atoms in total. The number of benzene rings is 2.